The first-order chi connectivity index (χ1) is 15.5. The molecule has 0 spiro atoms. The number of carbonyl (C=O) groups excluding carboxylic acids is 1. The molecule has 7 heteroatoms. The van der Waals surface area contributed by atoms with Gasteiger partial charge in [0.2, 0.25) is 5.91 Å². The number of benzene rings is 2. The van der Waals surface area contributed by atoms with E-state index < -0.39 is 0 Å². The molecule has 4 aromatic rings. The molecule has 0 fully saturated rings. The number of hydrogen-bond donors (Lipinski definition) is 0. The molecule has 0 atom stereocenters. The summed E-state index contributed by atoms with van der Waals surface area (Å²) >= 11 is 6.28. The van der Waals surface area contributed by atoms with Crippen molar-refractivity contribution in [1.29, 1.82) is 0 Å². The van der Waals surface area contributed by atoms with Gasteiger partial charge in [0.05, 0.1) is 24.7 Å². The van der Waals surface area contributed by atoms with Crippen LogP contribution in [0.2, 0.25) is 5.02 Å². The highest BCUT2D eigenvalue weighted by Gasteiger charge is 2.19. The number of halogens is 1. The first-order valence-corrected chi connectivity index (χ1v) is 10.9. The number of pyridine rings is 1. The van der Waals surface area contributed by atoms with Crippen molar-refractivity contribution in [3.63, 3.8) is 0 Å². The molecule has 0 unspecified atom stereocenters. The molecule has 1 amide bonds. The van der Waals surface area contributed by atoms with E-state index in [2.05, 4.69) is 5.10 Å². The van der Waals surface area contributed by atoms with Crippen molar-refractivity contribution in [2.24, 2.45) is 0 Å². The van der Waals surface area contributed by atoms with Gasteiger partial charge >= 0.3 is 0 Å². The number of amides is 1. The predicted molar refractivity (Wildman–Crippen MR) is 127 cm³/mol. The maximum atomic E-state index is 13.4. The smallest absolute Gasteiger partial charge is 0.279 e. The third-order valence-corrected chi connectivity index (χ3v) is 5.80. The van der Waals surface area contributed by atoms with Crippen LogP contribution in [0.4, 0.5) is 0 Å². The van der Waals surface area contributed by atoms with E-state index in [1.807, 2.05) is 55.5 Å². The molecule has 164 valence electrons. The summed E-state index contributed by atoms with van der Waals surface area (Å²) in [6.45, 7) is 3.48. The summed E-state index contributed by atoms with van der Waals surface area (Å²) in [7, 11) is 1.61. The van der Waals surface area contributed by atoms with E-state index in [1.165, 1.54) is 4.52 Å². The first-order valence-electron chi connectivity index (χ1n) is 10.5. The fourth-order valence-corrected chi connectivity index (χ4v) is 4.09. The Morgan fingerprint density at radius 2 is 1.94 bits per heavy atom. The predicted octanol–water partition coefficient (Wildman–Crippen LogP) is 4.21. The lowest BCUT2D eigenvalue weighted by molar-refractivity contribution is -0.130. The number of likely N-dealkylation sites (N-methyl/N-ethyl adjacent to an activating group) is 1. The molecule has 4 rings (SSSR count). The zero-order valence-corrected chi connectivity index (χ0v) is 18.8. The van der Waals surface area contributed by atoms with Crippen LogP contribution >= 0.6 is 11.6 Å². The zero-order chi connectivity index (χ0) is 22.7. The molecule has 32 heavy (non-hydrogen) atoms. The van der Waals surface area contributed by atoms with E-state index in [1.54, 1.807) is 24.3 Å². The summed E-state index contributed by atoms with van der Waals surface area (Å²) in [4.78, 5) is 28.3. The van der Waals surface area contributed by atoms with Gasteiger partial charge in [-0.3, -0.25) is 9.59 Å². The molecule has 0 N–H and O–H groups in total. The Morgan fingerprint density at radius 1 is 1.16 bits per heavy atom. The molecule has 0 aliphatic heterocycles. The lowest BCUT2D eigenvalue weighted by Crippen LogP contribution is -2.35. The number of methoxy groups -OCH3 is 1. The Bertz CT molecular complexity index is 1340. The first kappa shape index (κ1) is 22.0. The topological polar surface area (TPSA) is 63.9 Å². The molecule has 0 bridgehead atoms. The molecule has 0 radical (unpaired) electrons. The number of nitrogens with zero attached hydrogens (tertiary/aromatic N) is 3. The van der Waals surface area contributed by atoms with Gasteiger partial charge < -0.3 is 9.64 Å². The average Bonchev–Trinajstić information content (AvgIpc) is 2.81. The van der Waals surface area contributed by atoms with Crippen LogP contribution in [0.25, 0.3) is 27.4 Å². The maximum absolute atomic E-state index is 13.4. The van der Waals surface area contributed by atoms with Gasteiger partial charge in [-0.1, -0.05) is 48.0 Å². The Kier molecular flexibility index (Phi) is 6.53. The highest BCUT2D eigenvalue weighted by Crippen LogP contribution is 2.27. The van der Waals surface area contributed by atoms with Crippen molar-refractivity contribution in [1.82, 2.24) is 14.5 Å². The highest BCUT2D eigenvalue weighted by atomic mass is 35.5. The fourth-order valence-electron chi connectivity index (χ4n) is 3.91. The van der Waals surface area contributed by atoms with Gasteiger partial charge in [-0.25, -0.2) is 0 Å². The van der Waals surface area contributed by atoms with Gasteiger partial charge in [0.15, 0.2) is 0 Å². The molecule has 6 nitrogen and oxygen atoms in total. The minimum Gasteiger partial charge on any atom is -0.383 e. The van der Waals surface area contributed by atoms with Crippen LogP contribution in [0.3, 0.4) is 0 Å². The Labute approximate surface area is 191 Å². The van der Waals surface area contributed by atoms with Crippen molar-refractivity contribution >= 4 is 33.8 Å². The number of hydrogen-bond acceptors (Lipinski definition) is 4. The molecular weight excluding hydrogens is 426 g/mol. The van der Waals surface area contributed by atoms with E-state index in [-0.39, 0.29) is 17.9 Å². The van der Waals surface area contributed by atoms with Crippen molar-refractivity contribution < 1.29 is 9.53 Å². The van der Waals surface area contributed by atoms with Crippen LogP contribution in [0.15, 0.2) is 65.6 Å². The Hall–Kier alpha value is -3.22. The van der Waals surface area contributed by atoms with Gasteiger partial charge in [0, 0.05) is 41.6 Å². The summed E-state index contributed by atoms with van der Waals surface area (Å²) in [6.07, 6.45) is 1.78. The number of aromatic nitrogens is 2. The van der Waals surface area contributed by atoms with E-state index in [0.717, 1.165) is 21.9 Å². The standard InChI is InChI=1S/C25H24ClN3O3/c1-3-28(11-12-32-2)23(30)14-19-13-22(17-7-5-4-6-8-17)25(31)29-24(19)21-15-20(26)10-9-18(21)16-27-29/h4-10,13,15-16H,3,11-12,14H2,1-2H3. The molecule has 0 saturated heterocycles. The number of carbonyl (C=O) groups is 1. The van der Waals surface area contributed by atoms with Gasteiger partial charge in [-0.05, 0) is 36.2 Å². The van der Waals surface area contributed by atoms with Gasteiger partial charge in [0.25, 0.3) is 5.56 Å². The second-order valence-electron chi connectivity index (χ2n) is 7.53. The Morgan fingerprint density at radius 3 is 2.66 bits per heavy atom. The molecule has 0 aliphatic carbocycles. The molecule has 0 saturated carbocycles. The van der Waals surface area contributed by atoms with Crippen LogP contribution in [0.5, 0.6) is 0 Å². The molecule has 2 heterocycles. The normalized spacial score (nSPS) is 11.2. The lowest BCUT2D eigenvalue weighted by Gasteiger charge is -2.21. The third kappa shape index (κ3) is 4.24. The van der Waals surface area contributed by atoms with Crippen molar-refractivity contribution in [2.45, 2.75) is 13.3 Å². The second kappa shape index (κ2) is 9.51. The Balaban J connectivity index is 1.95. The number of ether oxygens (including phenoxy) is 1. The average molecular weight is 450 g/mol. The van der Waals surface area contributed by atoms with Crippen LogP contribution < -0.4 is 5.56 Å². The lowest BCUT2D eigenvalue weighted by atomic mass is 10.00. The second-order valence-corrected chi connectivity index (χ2v) is 7.97. The molecule has 0 aliphatic rings. The van der Waals surface area contributed by atoms with E-state index in [9.17, 15) is 9.59 Å². The van der Waals surface area contributed by atoms with E-state index >= 15 is 0 Å². The summed E-state index contributed by atoms with van der Waals surface area (Å²) in [5.74, 6) is -0.0388. The maximum Gasteiger partial charge on any atom is 0.279 e. The highest BCUT2D eigenvalue weighted by molar-refractivity contribution is 6.31. The monoisotopic (exact) mass is 449 g/mol. The number of rotatable bonds is 7. The molecular formula is C25H24ClN3O3. The molecule has 2 aromatic heterocycles. The summed E-state index contributed by atoms with van der Waals surface area (Å²) in [5.41, 5.74) is 2.37. The molecule has 2 aromatic carbocycles. The van der Waals surface area contributed by atoms with Crippen molar-refractivity contribution in [3.8, 4) is 11.1 Å². The minimum absolute atomic E-state index is 0.0388. The largest absolute Gasteiger partial charge is 0.383 e. The SMILES string of the molecule is CCN(CCOC)C(=O)Cc1cc(-c2ccccc2)c(=O)n2ncc3ccc(Cl)cc3c12. The van der Waals surface area contributed by atoms with Crippen molar-refractivity contribution in [2.75, 3.05) is 26.8 Å². The van der Waals surface area contributed by atoms with Crippen LogP contribution in [0.1, 0.15) is 12.5 Å². The van der Waals surface area contributed by atoms with Gasteiger partial charge in [-0.15, -0.1) is 0 Å². The van der Waals surface area contributed by atoms with E-state index in [4.69, 9.17) is 16.3 Å². The summed E-state index contributed by atoms with van der Waals surface area (Å²) < 4.78 is 6.53. The van der Waals surface area contributed by atoms with Gasteiger partial charge in [-0.2, -0.15) is 9.61 Å². The van der Waals surface area contributed by atoms with Crippen LogP contribution in [-0.4, -0.2) is 47.2 Å². The number of fused-ring (bicyclic) bond motifs is 3. The zero-order valence-electron chi connectivity index (χ0n) is 18.0. The summed E-state index contributed by atoms with van der Waals surface area (Å²) in [6, 6.07) is 16.7. The van der Waals surface area contributed by atoms with Crippen LogP contribution in [-0.2, 0) is 16.0 Å². The fraction of sp³-hybridized carbons (Fsp3) is 0.240. The van der Waals surface area contributed by atoms with E-state index in [0.29, 0.717) is 35.8 Å². The van der Waals surface area contributed by atoms with Gasteiger partial charge in [0.1, 0.15) is 0 Å². The van der Waals surface area contributed by atoms with Crippen LogP contribution in [0, 0.1) is 0 Å². The third-order valence-electron chi connectivity index (χ3n) is 5.57. The minimum atomic E-state index is -0.240. The quantitative estimate of drug-likeness (QED) is 0.396. The van der Waals surface area contributed by atoms with Crippen molar-refractivity contribution in [3.05, 3.63) is 81.7 Å². The summed E-state index contributed by atoms with van der Waals surface area (Å²) in [5, 5.41) is 6.61.